The molecule has 1 amide bonds. The van der Waals surface area contributed by atoms with Crippen molar-refractivity contribution in [3.05, 3.63) is 24.3 Å². The Morgan fingerprint density at radius 1 is 0.900 bits per heavy atom. The van der Waals surface area contributed by atoms with E-state index in [2.05, 4.69) is 4.90 Å². The Bertz CT molecular complexity index is 768. The number of carbonyl (C=O) groups is 1. The number of hydrogen-bond donors (Lipinski definition) is 0. The van der Waals surface area contributed by atoms with Crippen LogP contribution >= 0.6 is 0 Å². The second-order valence-electron chi connectivity index (χ2n) is 7.79. The first-order chi connectivity index (χ1) is 14.5. The molecule has 168 valence electrons. The maximum Gasteiger partial charge on any atom is 0.243 e. The second kappa shape index (κ2) is 11.1. The van der Waals surface area contributed by atoms with Gasteiger partial charge in [-0.25, -0.2) is 8.42 Å². The summed E-state index contributed by atoms with van der Waals surface area (Å²) in [6.07, 6.45) is 4.54. The van der Waals surface area contributed by atoms with Crippen molar-refractivity contribution in [3.63, 3.8) is 0 Å². The van der Waals surface area contributed by atoms with Crippen molar-refractivity contribution in [2.24, 2.45) is 0 Å². The first-order valence-corrected chi connectivity index (χ1v) is 12.2. The van der Waals surface area contributed by atoms with Gasteiger partial charge in [-0.05, 0) is 37.1 Å². The van der Waals surface area contributed by atoms with Gasteiger partial charge in [-0.3, -0.25) is 9.69 Å². The van der Waals surface area contributed by atoms with Gasteiger partial charge >= 0.3 is 0 Å². The lowest BCUT2D eigenvalue weighted by atomic mass is 10.2. The number of piperazine rings is 1. The van der Waals surface area contributed by atoms with Crippen molar-refractivity contribution < 1.29 is 22.7 Å². The molecular weight excluding hydrogens is 406 g/mol. The molecule has 0 unspecified atom stereocenters. The molecule has 2 aliphatic heterocycles. The number of hydrogen-bond acceptors (Lipinski definition) is 6. The highest BCUT2D eigenvalue weighted by Crippen LogP contribution is 2.21. The molecule has 9 heteroatoms. The maximum atomic E-state index is 12.9. The van der Waals surface area contributed by atoms with E-state index in [-0.39, 0.29) is 10.8 Å². The van der Waals surface area contributed by atoms with Gasteiger partial charge in [0.15, 0.2) is 0 Å². The normalized spacial score (nSPS) is 19.4. The minimum Gasteiger partial charge on any atom is -0.491 e. The van der Waals surface area contributed by atoms with Crippen LogP contribution in [0.5, 0.6) is 5.75 Å². The number of benzene rings is 1. The van der Waals surface area contributed by atoms with E-state index < -0.39 is 10.0 Å². The Hall–Kier alpha value is -1.68. The lowest BCUT2D eigenvalue weighted by molar-refractivity contribution is -0.132. The molecule has 2 heterocycles. The SMILES string of the molecule is COCCOc1ccc(S(=O)(=O)N2CCN(CC(=O)N3CCCCCC3)CC2)cc1. The quantitative estimate of drug-likeness (QED) is 0.570. The third-order valence-corrected chi connectivity index (χ3v) is 7.58. The average Bonchev–Trinajstić information content (AvgIpc) is 3.04. The molecule has 0 aliphatic carbocycles. The standard InChI is InChI=1S/C21H33N3O5S/c1-28-16-17-29-19-6-8-20(9-7-19)30(26,27)24-14-12-22(13-15-24)18-21(25)23-10-4-2-3-5-11-23/h6-9H,2-5,10-18H2,1H3. The van der Waals surface area contributed by atoms with E-state index in [1.807, 2.05) is 4.90 Å². The number of ether oxygens (including phenoxy) is 2. The van der Waals surface area contributed by atoms with Crippen molar-refractivity contribution in [1.82, 2.24) is 14.1 Å². The van der Waals surface area contributed by atoms with Crippen molar-refractivity contribution in [2.75, 3.05) is 66.1 Å². The van der Waals surface area contributed by atoms with Crippen LogP contribution in [0, 0.1) is 0 Å². The van der Waals surface area contributed by atoms with Gasteiger partial charge in [-0.15, -0.1) is 0 Å². The molecule has 2 fully saturated rings. The maximum absolute atomic E-state index is 12.9. The Morgan fingerprint density at radius 2 is 1.53 bits per heavy atom. The lowest BCUT2D eigenvalue weighted by Crippen LogP contribution is -2.51. The zero-order valence-electron chi connectivity index (χ0n) is 17.8. The van der Waals surface area contributed by atoms with E-state index in [4.69, 9.17) is 9.47 Å². The number of amides is 1. The molecule has 8 nitrogen and oxygen atoms in total. The van der Waals surface area contributed by atoms with Gasteiger partial charge in [0.1, 0.15) is 12.4 Å². The van der Waals surface area contributed by atoms with Crippen LogP contribution in [0.15, 0.2) is 29.2 Å². The average molecular weight is 440 g/mol. The smallest absolute Gasteiger partial charge is 0.243 e. The minimum atomic E-state index is -3.55. The molecule has 3 rings (SSSR count). The summed E-state index contributed by atoms with van der Waals surface area (Å²) in [6.45, 7) is 4.88. The number of nitrogens with zero attached hydrogens (tertiary/aromatic N) is 3. The van der Waals surface area contributed by atoms with Crippen LogP contribution in [0.25, 0.3) is 0 Å². The Kier molecular flexibility index (Phi) is 8.50. The summed E-state index contributed by atoms with van der Waals surface area (Å²) in [6, 6.07) is 6.48. The molecule has 0 bridgehead atoms. The van der Waals surface area contributed by atoms with Gasteiger partial charge in [0.2, 0.25) is 15.9 Å². The lowest BCUT2D eigenvalue weighted by Gasteiger charge is -2.34. The summed E-state index contributed by atoms with van der Waals surface area (Å²) < 4.78 is 37.8. The predicted octanol–water partition coefficient (Wildman–Crippen LogP) is 1.42. The number of rotatable bonds is 8. The van der Waals surface area contributed by atoms with Crippen LogP contribution in [0.3, 0.4) is 0 Å². The van der Waals surface area contributed by atoms with Crippen molar-refractivity contribution in [3.8, 4) is 5.75 Å². The molecule has 2 saturated heterocycles. The fraction of sp³-hybridized carbons (Fsp3) is 0.667. The zero-order chi connectivity index (χ0) is 21.4. The fourth-order valence-corrected chi connectivity index (χ4v) is 5.26. The predicted molar refractivity (Wildman–Crippen MR) is 114 cm³/mol. The molecule has 0 N–H and O–H groups in total. The van der Waals surface area contributed by atoms with E-state index in [1.54, 1.807) is 31.4 Å². The van der Waals surface area contributed by atoms with E-state index in [0.717, 1.165) is 25.9 Å². The van der Waals surface area contributed by atoms with Crippen LogP contribution < -0.4 is 4.74 Å². The van der Waals surface area contributed by atoms with E-state index in [1.165, 1.54) is 17.1 Å². The number of likely N-dealkylation sites (tertiary alicyclic amines) is 1. The first kappa shape index (κ1) is 23.0. The highest BCUT2D eigenvalue weighted by molar-refractivity contribution is 7.89. The number of sulfonamides is 1. The fourth-order valence-electron chi connectivity index (χ4n) is 3.84. The third kappa shape index (κ3) is 6.16. The largest absolute Gasteiger partial charge is 0.491 e. The van der Waals surface area contributed by atoms with Gasteiger partial charge in [0, 0.05) is 46.4 Å². The molecule has 0 aromatic heterocycles. The third-order valence-electron chi connectivity index (χ3n) is 5.67. The topological polar surface area (TPSA) is 79.4 Å². The summed E-state index contributed by atoms with van der Waals surface area (Å²) in [7, 11) is -1.95. The molecular formula is C21H33N3O5S. The summed E-state index contributed by atoms with van der Waals surface area (Å²) in [5, 5.41) is 0. The number of methoxy groups -OCH3 is 1. The van der Waals surface area contributed by atoms with E-state index in [0.29, 0.717) is 51.7 Å². The van der Waals surface area contributed by atoms with Crippen LogP contribution in [0.2, 0.25) is 0 Å². The van der Waals surface area contributed by atoms with Gasteiger partial charge in [0.05, 0.1) is 18.0 Å². The van der Waals surface area contributed by atoms with Gasteiger partial charge in [-0.2, -0.15) is 4.31 Å². The first-order valence-electron chi connectivity index (χ1n) is 10.7. The monoisotopic (exact) mass is 439 g/mol. The van der Waals surface area contributed by atoms with Gasteiger partial charge < -0.3 is 14.4 Å². The molecule has 0 radical (unpaired) electrons. The van der Waals surface area contributed by atoms with Crippen molar-refractivity contribution in [1.29, 1.82) is 0 Å². The Balaban J connectivity index is 1.50. The Labute approximate surface area is 179 Å². The highest BCUT2D eigenvalue weighted by Gasteiger charge is 2.29. The van der Waals surface area contributed by atoms with E-state index in [9.17, 15) is 13.2 Å². The van der Waals surface area contributed by atoms with Crippen LogP contribution in [0.4, 0.5) is 0 Å². The molecule has 1 aromatic rings. The Morgan fingerprint density at radius 3 is 2.13 bits per heavy atom. The zero-order valence-corrected chi connectivity index (χ0v) is 18.6. The van der Waals surface area contributed by atoms with Crippen LogP contribution in [0.1, 0.15) is 25.7 Å². The van der Waals surface area contributed by atoms with Gasteiger partial charge in [-0.1, -0.05) is 12.8 Å². The summed E-state index contributed by atoms with van der Waals surface area (Å²) in [5.74, 6) is 0.778. The van der Waals surface area contributed by atoms with Crippen LogP contribution in [-0.4, -0.2) is 94.6 Å². The number of carbonyl (C=O) groups excluding carboxylic acids is 1. The highest BCUT2D eigenvalue weighted by atomic mass is 32.2. The molecule has 1 aromatic carbocycles. The summed E-state index contributed by atoms with van der Waals surface area (Å²) in [5.41, 5.74) is 0. The molecule has 30 heavy (non-hydrogen) atoms. The van der Waals surface area contributed by atoms with E-state index >= 15 is 0 Å². The van der Waals surface area contributed by atoms with Crippen molar-refractivity contribution >= 4 is 15.9 Å². The van der Waals surface area contributed by atoms with Gasteiger partial charge in [0.25, 0.3) is 0 Å². The summed E-state index contributed by atoms with van der Waals surface area (Å²) in [4.78, 5) is 16.9. The molecule has 0 saturated carbocycles. The molecule has 2 aliphatic rings. The van der Waals surface area contributed by atoms with Crippen molar-refractivity contribution in [2.45, 2.75) is 30.6 Å². The molecule has 0 atom stereocenters. The van der Waals surface area contributed by atoms with Crippen LogP contribution in [-0.2, 0) is 19.6 Å². The minimum absolute atomic E-state index is 0.164. The molecule has 0 spiro atoms. The summed E-state index contributed by atoms with van der Waals surface area (Å²) >= 11 is 0. The second-order valence-corrected chi connectivity index (χ2v) is 9.73.